The highest BCUT2D eigenvalue weighted by molar-refractivity contribution is 6.09. The molecule has 2 aromatic heterocycles. The zero-order valence-corrected chi connectivity index (χ0v) is 12.5. The van der Waals surface area contributed by atoms with Gasteiger partial charge in [0.25, 0.3) is 0 Å². The number of rotatable bonds is 2. The van der Waals surface area contributed by atoms with Crippen LogP contribution in [0.25, 0.3) is 12.2 Å². The average Bonchev–Trinajstić information content (AvgIpc) is 3.22. The first-order valence-corrected chi connectivity index (χ1v) is 7.77. The maximum Gasteiger partial charge on any atom is 0.162 e. The van der Waals surface area contributed by atoms with Crippen LogP contribution in [0.4, 0.5) is 0 Å². The average molecular weight is 308 g/mol. The number of carbonyl (C=O) groups is 2. The summed E-state index contributed by atoms with van der Waals surface area (Å²) in [5, 5.41) is 0. The van der Waals surface area contributed by atoms with E-state index in [2.05, 4.69) is 0 Å². The van der Waals surface area contributed by atoms with Gasteiger partial charge in [-0.15, -0.1) is 0 Å². The van der Waals surface area contributed by atoms with Crippen molar-refractivity contribution in [2.75, 3.05) is 0 Å². The molecule has 2 bridgehead atoms. The Kier molecular flexibility index (Phi) is 3.37. The normalized spacial score (nSPS) is 27.8. The maximum absolute atomic E-state index is 12.6. The lowest BCUT2D eigenvalue weighted by atomic mass is 9.67. The molecule has 0 aliphatic heterocycles. The van der Waals surface area contributed by atoms with Crippen LogP contribution in [-0.2, 0) is 9.59 Å². The van der Waals surface area contributed by atoms with Gasteiger partial charge in [0.05, 0.1) is 12.5 Å². The van der Waals surface area contributed by atoms with Crippen LogP contribution in [0.3, 0.4) is 0 Å². The Hall–Kier alpha value is -2.62. The molecule has 2 aliphatic carbocycles. The van der Waals surface area contributed by atoms with Gasteiger partial charge in [0, 0.05) is 11.8 Å². The van der Waals surface area contributed by atoms with Gasteiger partial charge in [0.2, 0.25) is 0 Å². The second-order valence-electron chi connectivity index (χ2n) is 6.14. The van der Waals surface area contributed by atoms with Gasteiger partial charge >= 0.3 is 0 Å². The van der Waals surface area contributed by atoms with Crippen LogP contribution in [0.2, 0.25) is 0 Å². The van der Waals surface area contributed by atoms with Gasteiger partial charge in [0.1, 0.15) is 11.5 Å². The van der Waals surface area contributed by atoms with E-state index in [1.807, 2.05) is 12.1 Å². The highest BCUT2D eigenvalue weighted by Crippen LogP contribution is 2.41. The molecule has 2 heterocycles. The molecule has 2 fully saturated rings. The monoisotopic (exact) mass is 308 g/mol. The smallest absolute Gasteiger partial charge is 0.162 e. The number of carbonyl (C=O) groups excluding carboxylic acids is 2. The van der Waals surface area contributed by atoms with Crippen molar-refractivity contribution in [3.63, 3.8) is 0 Å². The third kappa shape index (κ3) is 2.61. The van der Waals surface area contributed by atoms with E-state index in [1.54, 1.807) is 36.8 Å². The fourth-order valence-corrected chi connectivity index (χ4v) is 3.52. The highest BCUT2D eigenvalue weighted by atomic mass is 16.3. The number of hydrogen-bond donors (Lipinski definition) is 0. The number of hydrogen-bond acceptors (Lipinski definition) is 4. The molecule has 0 aromatic carbocycles. The molecule has 0 amide bonds. The number of Topliss-reactive ketones (excluding diaryl/α,β-unsaturated/α-hetero) is 2. The van der Waals surface area contributed by atoms with Crippen molar-refractivity contribution in [1.29, 1.82) is 0 Å². The summed E-state index contributed by atoms with van der Waals surface area (Å²) in [5.74, 6) is 1.35. The van der Waals surface area contributed by atoms with Crippen LogP contribution in [0.5, 0.6) is 0 Å². The predicted molar refractivity (Wildman–Crippen MR) is 84.2 cm³/mol. The van der Waals surface area contributed by atoms with E-state index in [9.17, 15) is 9.59 Å². The van der Waals surface area contributed by atoms with E-state index >= 15 is 0 Å². The Labute approximate surface area is 133 Å². The number of fused-ring (bicyclic) bond motifs is 2. The first-order chi connectivity index (χ1) is 11.2. The van der Waals surface area contributed by atoms with Gasteiger partial charge in [0.15, 0.2) is 11.6 Å². The maximum atomic E-state index is 12.6. The first-order valence-electron chi connectivity index (χ1n) is 7.77. The van der Waals surface area contributed by atoms with Crippen molar-refractivity contribution < 1.29 is 18.4 Å². The Bertz CT molecular complexity index is 722. The summed E-state index contributed by atoms with van der Waals surface area (Å²) in [4.78, 5) is 25.3. The fourth-order valence-electron chi connectivity index (χ4n) is 3.52. The second-order valence-corrected chi connectivity index (χ2v) is 6.14. The second kappa shape index (κ2) is 5.54. The largest absolute Gasteiger partial charge is 0.465 e. The van der Waals surface area contributed by atoms with E-state index in [-0.39, 0.29) is 23.4 Å². The topological polar surface area (TPSA) is 60.4 Å². The predicted octanol–water partition coefficient (Wildman–Crippen LogP) is 3.91. The van der Waals surface area contributed by atoms with Crippen LogP contribution in [0, 0.1) is 11.8 Å². The zero-order chi connectivity index (χ0) is 15.8. The Balaban J connectivity index is 1.63. The molecule has 0 N–H and O–H groups in total. The third-order valence-corrected chi connectivity index (χ3v) is 4.60. The molecular formula is C19H16O4. The van der Waals surface area contributed by atoms with Crippen LogP contribution >= 0.6 is 0 Å². The van der Waals surface area contributed by atoms with Crippen LogP contribution in [-0.4, -0.2) is 11.6 Å². The van der Waals surface area contributed by atoms with Gasteiger partial charge < -0.3 is 8.83 Å². The van der Waals surface area contributed by atoms with Gasteiger partial charge in [-0.25, -0.2) is 0 Å². The third-order valence-electron chi connectivity index (χ3n) is 4.60. The SMILES string of the molecule is O=C1/C(=C\c2ccco2)C[C@@H]2C[C@H]1C/C(=C/c1ccco1)C2=O. The standard InChI is InChI=1S/C19H16O4/c20-18-13-7-12(8-14(18)10-16-3-1-5-22-16)19(21)15(9-13)11-17-4-2-6-23-17/h1-6,10-13H,7-9H2/b14-10-,15-11-/t12-,13-/m0/s1. The summed E-state index contributed by atoms with van der Waals surface area (Å²) in [5.41, 5.74) is 1.40. The van der Waals surface area contributed by atoms with E-state index in [0.717, 1.165) is 0 Å². The molecule has 116 valence electrons. The summed E-state index contributed by atoms with van der Waals surface area (Å²) in [6, 6.07) is 7.20. The minimum atomic E-state index is -0.117. The first kappa shape index (κ1) is 14.0. The number of allylic oxidation sites excluding steroid dienone is 2. The molecular weight excluding hydrogens is 292 g/mol. The lowest BCUT2D eigenvalue weighted by Crippen LogP contribution is -2.37. The molecule has 0 radical (unpaired) electrons. The van der Waals surface area contributed by atoms with Crippen molar-refractivity contribution in [3.8, 4) is 0 Å². The molecule has 4 rings (SSSR count). The van der Waals surface area contributed by atoms with E-state index in [4.69, 9.17) is 8.83 Å². The summed E-state index contributed by atoms with van der Waals surface area (Å²) in [6.07, 6.45) is 8.34. The lowest BCUT2D eigenvalue weighted by Gasteiger charge is -2.34. The fraction of sp³-hybridized carbons (Fsp3) is 0.263. The summed E-state index contributed by atoms with van der Waals surface area (Å²) < 4.78 is 10.6. The summed E-state index contributed by atoms with van der Waals surface area (Å²) >= 11 is 0. The Morgan fingerprint density at radius 2 is 1.30 bits per heavy atom. The lowest BCUT2D eigenvalue weighted by molar-refractivity contribution is -0.127. The van der Waals surface area contributed by atoms with Gasteiger partial charge in [-0.2, -0.15) is 0 Å². The molecule has 4 nitrogen and oxygen atoms in total. The Morgan fingerprint density at radius 3 is 1.70 bits per heavy atom. The number of ketones is 2. The molecule has 0 unspecified atom stereocenters. The Morgan fingerprint density at radius 1 is 0.826 bits per heavy atom. The van der Waals surface area contributed by atoms with Crippen molar-refractivity contribution in [1.82, 2.24) is 0 Å². The summed E-state index contributed by atoms with van der Waals surface area (Å²) in [7, 11) is 0. The van der Waals surface area contributed by atoms with Crippen molar-refractivity contribution in [3.05, 3.63) is 59.5 Å². The van der Waals surface area contributed by atoms with E-state index < -0.39 is 0 Å². The van der Waals surface area contributed by atoms with Gasteiger partial charge in [-0.1, -0.05) is 0 Å². The zero-order valence-electron chi connectivity index (χ0n) is 12.5. The molecule has 2 aromatic rings. The van der Waals surface area contributed by atoms with E-state index in [1.165, 1.54) is 0 Å². The molecule has 2 atom stereocenters. The molecule has 4 heteroatoms. The molecule has 2 aliphatic rings. The molecule has 0 spiro atoms. The van der Waals surface area contributed by atoms with Crippen LogP contribution in [0.15, 0.2) is 56.8 Å². The van der Waals surface area contributed by atoms with Crippen molar-refractivity contribution in [2.24, 2.45) is 11.8 Å². The molecule has 2 saturated carbocycles. The molecule has 23 heavy (non-hydrogen) atoms. The quantitative estimate of drug-likeness (QED) is 0.789. The molecule has 0 saturated heterocycles. The van der Waals surface area contributed by atoms with Crippen LogP contribution in [0.1, 0.15) is 30.8 Å². The number of furan rings is 2. The van der Waals surface area contributed by atoms with E-state index in [0.29, 0.717) is 41.9 Å². The minimum absolute atomic E-state index is 0.117. The van der Waals surface area contributed by atoms with Crippen molar-refractivity contribution in [2.45, 2.75) is 19.3 Å². The van der Waals surface area contributed by atoms with Gasteiger partial charge in [-0.05, 0) is 66.8 Å². The minimum Gasteiger partial charge on any atom is -0.465 e. The van der Waals surface area contributed by atoms with Crippen LogP contribution < -0.4 is 0 Å². The van der Waals surface area contributed by atoms with Gasteiger partial charge in [-0.3, -0.25) is 9.59 Å². The highest BCUT2D eigenvalue weighted by Gasteiger charge is 2.41. The summed E-state index contributed by atoms with van der Waals surface area (Å²) in [6.45, 7) is 0. The van der Waals surface area contributed by atoms with Crippen molar-refractivity contribution >= 4 is 23.7 Å².